The van der Waals surface area contributed by atoms with Crippen molar-refractivity contribution in [2.75, 3.05) is 5.32 Å². The summed E-state index contributed by atoms with van der Waals surface area (Å²) in [7, 11) is 0. The van der Waals surface area contributed by atoms with E-state index in [1.165, 1.54) is 37.4 Å². The maximum absolute atomic E-state index is 14.1. The summed E-state index contributed by atoms with van der Waals surface area (Å²) in [5.74, 6) is -2.27. The Morgan fingerprint density at radius 2 is 1.93 bits per heavy atom. The summed E-state index contributed by atoms with van der Waals surface area (Å²) in [6.45, 7) is 1.43. The fraction of sp³-hybridized carbons (Fsp3) is 0.286. The molecule has 158 valence electrons. The quantitative estimate of drug-likeness (QED) is 0.463. The average Bonchev–Trinajstić information content (AvgIpc) is 2.64. The van der Waals surface area contributed by atoms with Crippen LogP contribution >= 0.6 is 0 Å². The molecule has 4 N–H and O–H groups in total. The van der Waals surface area contributed by atoms with E-state index in [0.717, 1.165) is 12.1 Å². The summed E-state index contributed by atoms with van der Waals surface area (Å²) in [5.41, 5.74) is -3.55. The number of alkyl halides is 3. The van der Waals surface area contributed by atoms with Crippen LogP contribution in [0.3, 0.4) is 0 Å². The van der Waals surface area contributed by atoms with Gasteiger partial charge in [-0.1, -0.05) is 13.0 Å². The molecule has 1 heterocycles. The average molecular weight is 422 g/mol. The molecule has 4 rings (SSSR count). The van der Waals surface area contributed by atoms with Crippen molar-refractivity contribution in [3.63, 3.8) is 0 Å². The van der Waals surface area contributed by atoms with E-state index in [1.807, 2.05) is 0 Å². The van der Waals surface area contributed by atoms with Gasteiger partial charge in [-0.2, -0.15) is 13.2 Å². The molecule has 1 aromatic heterocycles. The van der Waals surface area contributed by atoms with Crippen LogP contribution in [0.15, 0.2) is 47.4 Å². The van der Waals surface area contributed by atoms with Crippen LogP contribution in [0.2, 0.25) is 0 Å². The molecule has 3 atom stereocenters. The number of H-pyrrole nitrogens is 1. The van der Waals surface area contributed by atoms with Crippen molar-refractivity contribution in [3.8, 4) is 5.75 Å². The van der Waals surface area contributed by atoms with Gasteiger partial charge in [0, 0.05) is 34.3 Å². The Bertz CT molecular complexity index is 1190. The minimum absolute atomic E-state index is 0.140. The molecule has 2 aromatic carbocycles. The van der Waals surface area contributed by atoms with Gasteiger partial charge in [-0.25, -0.2) is 4.39 Å². The summed E-state index contributed by atoms with van der Waals surface area (Å²) >= 11 is 0. The number of rotatable bonds is 2. The number of aromatic hydroxyl groups is 1. The Balaban J connectivity index is 1.95. The number of hydrogen-bond donors (Lipinski definition) is 4. The van der Waals surface area contributed by atoms with Gasteiger partial charge in [0.1, 0.15) is 11.6 Å². The number of phenolic OH excluding ortho intramolecular Hbond substituents is 1. The van der Waals surface area contributed by atoms with Crippen LogP contribution < -0.4 is 10.9 Å². The number of benzene rings is 2. The maximum atomic E-state index is 14.1. The van der Waals surface area contributed by atoms with E-state index < -0.39 is 47.3 Å². The molecule has 0 radical (unpaired) electrons. The number of anilines is 1. The van der Waals surface area contributed by atoms with Gasteiger partial charge in [-0.05, 0) is 42.2 Å². The van der Waals surface area contributed by atoms with Gasteiger partial charge in [-0.15, -0.1) is 0 Å². The van der Waals surface area contributed by atoms with Gasteiger partial charge in [0.05, 0.1) is 6.04 Å². The Morgan fingerprint density at radius 1 is 1.20 bits per heavy atom. The van der Waals surface area contributed by atoms with Crippen LogP contribution in [0.5, 0.6) is 5.75 Å². The van der Waals surface area contributed by atoms with Crippen molar-refractivity contribution < 1.29 is 27.8 Å². The predicted octanol–water partition coefficient (Wildman–Crippen LogP) is 4.33. The van der Waals surface area contributed by atoms with Crippen LogP contribution in [0.4, 0.5) is 23.2 Å². The van der Waals surface area contributed by atoms with E-state index in [1.54, 1.807) is 0 Å². The number of aromatic nitrogens is 1. The molecule has 0 spiro atoms. The van der Waals surface area contributed by atoms with Crippen molar-refractivity contribution in [1.82, 2.24) is 4.98 Å². The third kappa shape index (κ3) is 3.00. The van der Waals surface area contributed by atoms with Crippen molar-refractivity contribution in [1.29, 1.82) is 0 Å². The van der Waals surface area contributed by atoms with E-state index in [0.29, 0.717) is 5.39 Å². The highest BCUT2D eigenvalue weighted by molar-refractivity contribution is 5.93. The van der Waals surface area contributed by atoms with Gasteiger partial charge in [0.15, 0.2) is 5.60 Å². The largest absolute Gasteiger partial charge is 0.508 e. The normalized spacial score (nSPS) is 23.9. The minimum atomic E-state index is -5.04. The molecule has 0 amide bonds. The Kier molecular flexibility index (Phi) is 4.54. The lowest BCUT2D eigenvalue weighted by Gasteiger charge is -2.45. The number of aromatic amines is 1. The molecule has 1 aliphatic rings. The number of phenols is 1. The molecule has 0 aliphatic heterocycles. The lowest BCUT2D eigenvalue weighted by Crippen LogP contribution is -2.55. The number of pyridine rings is 1. The van der Waals surface area contributed by atoms with Crippen LogP contribution in [0.1, 0.15) is 36.4 Å². The zero-order valence-corrected chi connectivity index (χ0v) is 15.7. The first-order chi connectivity index (χ1) is 14.0. The van der Waals surface area contributed by atoms with Crippen LogP contribution in [-0.4, -0.2) is 27.0 Å². The second-order valence-electron chi connectivity index (χ2n) is 7.61. The lowest BCUT2D eigenvalue weighted by atomic mass is 9.70. The third-order valence-corrected chi connectivity index (χ3v) is 5.66. The van der Waals surface area contributed by atoms with Gasteiger partial charge in [0.25, 0.3) is 5.56 Å². The first-order valence-electron chi connectivity index (χ1n) is 9.21. The Morgan fingerprint density at radius 3 is 2.63 bits per heavy atom. The molecule has 0 saturated carbocycles. The monoisotopic (exact) mass is 422 g/mol. The molecular formula is C21H18F4N2O3. The second-order valence-corrected chi connectivity index (χ2v) is 7.61. The SMILES string of the molecule is CC1CC(O)(C(F)(F)F)C(Nc2cccc3c(=O)[nH]ccc23)c2cc(F)cc(O)c21. The number of halogens is 4. The highest BCUT2D eigenvalue weighted by atomic mass is 19.4. The number of aliphatic hydroxyl groups is 1. The van der Waals surface area contributed by atoms with Crippen LogP contribution in [-0.2, 0) is 0 Å². The van der Waals surface area contributed by atoms with Gasteiger partial charge in [0.2, 0.25) is 0 Å². The van der Waals surface area contributed by atoms with E-state index in [-0.39, 0.29) is 22.2 Å². The smallest absolute Gasteiger partial charge is 0.419 e. The second kappa shape index (κ2) is 6.73. The highest BCUT2D eigenvalue weighted by Crippen LogP contribution is 2.54. The number of hydrogen-bond acceptors (Lipinski definition) is 4. The predicted molar refractivity (Wildman–Crippen MR) is 103 cm³/mol. The summed E-state index contributed by atoms with van der Waals surface area (Å²) in [4.78, 5) is 14.5. The number of nitrogens with one attached hydrogen (secondary N) is 2. The van der Waals surface area contributed by atoms with Crippen LogP contribution in [0.25, 0.3) is 10.8 Å². The molecule has 9 heteroatoms. The molecule has 30 heavy (non-hydrogen) atoms. The lowest BCUT2D eigenvalue weighted by molar-refractivity contribution is -0.272. The van der Waals surface area contributed by atoms with E-state index in [4.69, 9.17) is 0 Å². The highest BCUT2D eigenvalue weighted by Gasteiger charge is 2.62. The summed E-state index contributed by atoms with van der Waals surface area (Å²) < 4.78 is 56.1. The van der Waals surface area contributed by atoms with Crippen molar-refractivity contribution in [2.45, 2.75) is 37.1 Å². The first-order valence-corrected chi connectivity index (χ1v) is 9.21. The van der Waals surface area contributed by atoms with E-state index in [2.05, 4.69) is 10.3 Å². The molecular weight excluding hydrogens is 404 g/mol. The fourth-order valence-electron chi connectivity index (χ4n) is 4.32. The standard InChI is InChI=1S/C21H18F4N2O3/c1-10-9-20(30,21(23,24)25)18(14-7-11(22)8-16(28)17(10)14)27-15-4-2-3-13-12(15)5-6-26-19(13)29/h2-8,10,18,27-28,30H,9H2,1H3,(H,26,29). The molecule has 5 nitrogen and oxygen atoms in total. The van der Waals surface area contributed by atoms with Crippen LogP contribution in [0, 0.1) is 5.82 Å². The van der Waals surface area contributed by atoms with E-state index >= 15 is 0 Å². The molecule has 0 bridgehead atoms. The number of fused-ring (bicyclic) bond motifs is 2. The summed E-state index contributed by atoms with van der Waals surface area (Å²) in [6.07, 6.45) is -4.42. The molecule has 0 fully saturated rings. The summed E-state index contributed by atoms with van der Waals surface area (Å²) in [6, 6.07) is 5.89. The molecule has 1 aliphatic carbocycles. The molecule has 3 aromatic rings. The molecule has 3 unspecified atom stereocenters. The van der Waals surface area contributed by atoms with Crippen molar-refractivity contribution in [2.24, 2.45) is 0 Å². The Labute approximate surface area is 168 Å². The first kappa shape index (κ1) is 20.2. The third-order valence-electron chi connectivity index (χ3n) is 5.66. The van der Waals surface area contributed by atoms with Gasteiger partial charge >= 0.3 is 6.18 Å². The minimum Gasteiger partial charge on any atom is -0.508 e. The van der Waals surface area contributed by atoms with Crippen molar-refractivity contribution in [3.05, 3.63) is 69.9 Å². The fourth-order valence-corrected chi connectivity index (χ4v) is 4.32. The van der Waals surface area contributed by atoms with E-state index in [9.17, 15) is 32.6 Å². The Hall–Kier alpha value is -3.07. The topological polar surface area (TPSA) is 85.4 Å². The zero-order chi connectivity index (χ0) is 21.8. The summed E-state index contributed by atoms with van der Waals surface area (Å²) in [5, 5.41) is 24.3. The maximum Gasteiger partial charge on any atom is 0.419 e. The van der Waals surface area contributed by atoms with Crippen molar-refractivity contribution >= 4 is 16.5 Å². The molecule has 0 saturated heterocycles. The zero-order valence-electron chi connectivity index (χ0n) is 15.7. The van der Waals surface area contributed by atoms with Gasteiger partial charge in [-0.3, -0.25) is 4.79 Å². The van der Waals surface area contributed by atoms with Gasteiger partial charge < -0.3 is 20.5 Å².